The highest BCUT2D eigenvalue weighted by molar-refractivity contribution is 5.70. The zero-order chi connectivity index (χ0) is 32.3. The zero-order valence-electron chi connectivity index (χ0n) is 28.3. The predicted octanol–water partition coefficient (Wildman–Crippen LogP) is 8.01. The van der Waals surface area contributed by atoms with Crippen LogP contribution in [0, 0.1) is 17.8 Å². The summed E-state index contributed by atoms with van der Waals surface area (Å²) in [6.07, 6.45) is 29.9. The second kappa shape index (κ2) is 26.5. The lowest BCUT2D eigenvalue weighted by molar-refractivity contribution is -0.934. The molecule has 0 aromatic rings. The Labute approximate surface area is 264 Å². The molecule has 3 atom stereocenters. The van der Waals surface area contributed by atoms with Crippen LogP contribution in [0.25, 0.3) is 0 Å². The molecule has 0 fully saturated rings. The first-order chi connectivity index (χ1) is 20.5. The molecule has 0 aliphatic heterocycles. The second-order valence-corrected chi connectivity index (χ2v) is 13.4. The van der Waals surface area contributed by atoms with Gasteiger partial charge in [0.05, 0.1) is 26.2 Å². The maximum Gasteiger partial charge on any atom is 0.311 e. The van der Waals surface area contributed by atoms with Gasteiger partial charge in [0.2, 0.25) is 0 Å². The van der Waals surface area contributed by atoms with Crippen molar-refractivity contribution in [3.8, 4) is 0 Å². The molecule has 0 rings (SSSR count). The molecule has 0 aliphatic rings. The van der Waals surface area contributed by atoms with Crippen LogP contribution in [-0.4, -0.2) is 58.8 Å². The van der Waals surface area contributed by atoms with Crippen LogP contribution in [-0.2, 0) is 14.4 Å². The molecule has 3 unspecified atom stereocenters. The van der Waals surface area contributed by atoms with Crippen LogP contribution in [0.2, 0.25) is 0 Å². The molecular weight excluding hydrogens is 542 g/mol. The van der Waals surface area contributed by atoms with Gasteiger partial charge in [0.25, 0.3) is 0 Å². The molecule has 0 amide bonds. The predicted molar refractivity (Wildman–Crippen MR) is 175 cm³/mol. The first-order valence-corrected chi connectivity index (χ1v) is 17.7. The quantitative estimate of drug-likeness (QED) is 0.0467. The topological polar surface area (TPSA) is 115 Å². The highest BCUT2D eigenvalue weighted by Gasteiger charge is 2.36. The number of quaternary nitrogens is 1. The molecule has 252 valence electrons. The minimum atomic E-state index is -1.18. The zero-order valence-corrected chi connectivity index (χ0v) is 28.3. The molecule has 43 heavy (non-hydrogen) atoms. The number of rotatable bonds is 31. The largest absolute Gasteiger partial charge is 0.550 e. The van der Waals surface area contributed by atoms with Crippen molar-refractivity contribution in [2.45, 2.75) is 156 Å². The van der Waals surface area contributed by atoms with Crippen LogP contribution >= 0.6 is 0 Å². The van der Waals surface area contributed by atoms with Crippen molar-refractivity contribution in [2.24, 2.45) is 17.8 Å². The normalized spacial score (nSPS) is 15.3. The van der Waals surface area contributed by atoms with E-state index in [2.05, 4.69) is 19.1 Å². The lowest BCUT2D eigenvalue weighted by atomic mass is 10.0. The van der Waals surface area contributed by atoms with Crippen molar-refractivity contribution in [1.29, 1.82) is 0 Å². The highest BCUT2D eigenvalue weighted by atomic mass is 16.4. The first-order valence-electron chi connectivity index (χ1n) is 17.7. The summed E-state index contributed by atoms with van der Waals surface area (Å²) in [5.41, 5.74) is 0. The summed E-state index contributed by atoms with van der Waals surface area (Å²) in [6.45, 7) is 8.26. The fourth-order valence-electron chi connectivity index (χ4n) is 6.23. The lowest BCUT2D eigenvalue weighted by Crippen LogP contribution is -2.58. The second-order valence-electron chi connectivity index (χ2n) is 13.4. The Bertz CT molecular complexity index is 697. The van der Waals surface area contributed by atoms with Crippen molar-refractivity contribution in [3.05, 3.63) is 12.2 Å². The number of hydrogen-bond acceptors (Lipinski definition) is 4. The van der Waals surface area contributed by atoms with E-state index in [1.165, 1.54) is 96.3 Å². The summed E-state index contributed by atoms with van der Waals surface area (Å²) in [5.74, 6) is -5.24. The number of carbonyl (C=O) groups is 3. The molecule has 0 aliphatic carbocycles. The maximum atomic E-state index is 11.6. The summed E-state index contributed by atoms with van der Waals surface area (Å²) in [5, 5.41) is 30.6. The number of unbranched alkanes of at least 4 members (excludes halogenated alkanes) is 18. The van der Waals surface area contributed by atoms with Crippen LogP contribution in [0.1, 0.15) is 156 Å². The van der Waals surface area contributed by atoms with Crippen molar-refractivity contribution in [1.82, 2.24) is 0 Å². The van der Waals surface area contributed by atoms with Crippen LogP contribution < -0.4 is 5.11 Å². The van der Waals surface area contributed by atoms with Gasteiger partial charge in [-0.15, -0.1) is 0 Å². The van der Waals surface area contributed by atoms with E-state index in [1.54, 1.807) is 20.8 Å². The van der Waals surface area contributed by atoms with E-state index in [4.69, 9.17) is 0 Å². The van der Waals surface area contributed by atoms with Gasteiger partial charge in [0.15, 0.2) is 0 Å². The van der Waals surface area contributed by atoms with Crippen LogP contribution in [0.4, 0.5) is 0 Å². The fraction of sp³-hybridized carbons (Fsp3) is 0.861. The van der Waals surface area contributed by atoms with E-state index in [0.29, 0.717) is 6.54 Å². The molecule has 7 heteroatoms. The minimum absolute atomic E-state index is 0.182. The molecule has 0 aromatic carbocycles. The van der Waals surface area contributed by atoms with Crippen molar-refractivity contribution in [3.63, 3.8) is 0 Å². The van der Waals surface area contributed by atoms with Gasteiger partial charge in [-0.2, -0.15) is 0 Å². The van der Waals surface area contributed by atoms with Gasteiger partial charge < -0.3 is 24.6 Å². The molecular formula is C36H67NO6. The highest BCUT2D eigenvalue weighted by Crippen LogP contribution is 2.22. The molecule has 0 saturated heterocycles. The number of carboxylic acids is 3. The molecule has 7 nitrogen and oxygen atoms in total. The summed E-state index contributed by atoms with van der Waals surface area (Å²) in [6, 6.07) is 0. The van der Waals surface area contributed by atoms with Gasteiger partial charge in [-0.25, -0.2) is 0 Å². The van der Waals surface area contributed by atoms with Crippen LogP contribution in [0.15, 0.2) is 12.2 Å². The number of allylic oxidation sites excluding steroid dienone is 2. The summed E-state index contributed by atoms with van der Waals surface area (Å²) >= 11 is 0. The van der Waals surface area contributed by atoms with E-state index in [0.717, 1.165) is 32.1 Å². The molecule has 0 spiro atoms. The first kappa shape index (κ1) is 41.1. The molecule has 0 radical (unpaired) electrons. The van der Waals surface area contributed by atoms with Crippen LogP contribution in [0.3, 0.4) is 0 Å². The minimum Gasteiger partial charge on any atom is -0.550 e. The van der Waals surface area contributed by atoms with E-state index < -0.39 is 35.7 Å². The van der Waals surface area contributed by atoms with Crippen molar-refractivity contribution < 1.29 is 34.2 Å². The Hall–Kier alpha value is -1.89. The third-order valence-corrected chi connectivity index (χ3v) is 8.87. The lowest BCUT2D eigenvalue weighted by Gasteiger charge is -2.43. The molecule has 0 bridgehead atoms. The Morgan fingerprint density at radius 2 is 0.884 bits per heavy atom. The fourth-order valence-corrected chi connectivity index (χ4v) is 6.23. The third kappa shape index (κ3) is 23.2. The standard InChI is InChI=1S/C36H67NO6/c1-5-6-7-8-9-10-11-12-13-14-15-16-17-18-19-20-21-22-23-24-25-26-27-37(28-31(2)34(38)39,29-32(3)35(40)41)30-33(4)36(42)43/h17-18,31-33H,5-16,19-30H2,1-4H3,(H2-,38,39,40,41,42,43)/b18-17+. The molecule has 0 aromatic heterocycles. The van der Waals surface area contributed by atoms with Gasteiger partial charge >= 0.3 is 11.9 Å². The van der Waals surface area contributed by atoms with E-state index in [9.17, 15) is 29.7 Å². The summed E-state index contributed by atoms with van der Waals surface area (Å²) in [4.78, 5) is 34.8. The number of carboxylic acid groups (broad SMARTS) is 3. The van der Waals surface area contributed by atoms with Gasteiger partial charge in [-0.3, -0.25) is 9.59 Å². The average molecular weight is 610 g/mol. The maximum absolute atomic E-state index is 11.6. The van der Waals surface area contributed by atoms with Crippen molar-refractivity contribution in [2.75, 3.05) is 26.2 Å². The smallest absolute Gasteiger partial charge is 0.311 e. The summed E-state index contributed by atoms with van der Waals surface area (Å²) < 4.78 is 0.182. The number of nitrogens with zero attached hydrogens (tertiary/aromatic N) is 1. The van der Waals surface area contributed by atoms with Gasteiger partial charge in [-0.1, -0.05) is 116 Å². The third-order valence-electron chi connectivity index (χ3n) is 8.87. The Balaban J connectivity index is 4.17. The van der Waals surface area contributed by atoms with Gasteiger partial charge in [0.1, 0.15) is 11.8 Å². The van der Waals surface area contributed by atoms with Crippen molar-refractivity contribution >= 4 is 17.9 Å². The Kier molecular flexibility index (Phi) is 25.3. The number of carbonyl (C=O) groups excluding carboxylic acids is 1. The summed E-state index contributed by atoms with van der Waals surface area (Å²) in [7, 11) is 0. The van der Waals surface area contributed by atoms with E-state index in [1.807, 2.05) is 0 Å². The number of aliphatic carboxylic acids is 3. The SMILES string of the molecule is CCCCCCCCCCCCC/C=C/CCCCCCCCC[N+](CC(C)C(=O)[O-])(CC(C)C(=O)O)CC(C)C(=O)O. The monoisotopic (exact) mass is 609 g/mol. The van der Waals surface area contributed by atoms with Crippen LogP contribution in [0.5, 0.6) is 0 Å². The van der Waals surface area contributed by atoms with Gasteiger partial charge in [0, 0.05) is 11.9 Å². The average Bonchev–Trinajstić information content (AvgIpc) is 2.95. The number of hydrogen-bond donors (Lipinski definition) is 2. The van der Waals surface area contributed by atoms with Gasteiger partial charge in [-0.05, 0) is 52.4 Å². The van der Waals surface area contributed by atoms with E-state index in [-0.39, 0.29) is 24.1 Å². The molecule has 2 N–H and O–H groups in total. The van der Waals surface area contributed by atoms with E-state index >= 15 is 0 Å². The molecule has 0 heterocycles. The Morgan fingerprint density at radius 3 is 1.23 bits per heavy atom. The molecule has 0 saturated carbocycles. The Morgan fingerprint density at radius 1 is 0.558 bits per heavy atom.